The monoisotopic (exact) mass is 389 g/mol. The first-order valence-electron chi connectivity index (χ1n) is 8.04. The van der Waals surface area contributed by atoms with E-state index in [2.05, 4.69) is 0 Å². The third-order valence-electron chi connectivity index (χ3n) is 3.79. The minimum Gasteiger partial charge on any atom is -0.490 e. The standard InChI is InChI=1S/C20H17Cl2NO3/c1-14-4-7-16(8-5-14)23(20(24)19-3-2-11-25-19)10-12-26-18-9-6-15(21)13-17(18)22/h2-9,11,13H,10,12H2,1H3. The number of carbonyl (C=O) groups excluding carboxylic acids is 1. The highest BCUT2D eigenvalue weighted by Gasteiger charge is 2.20. The van der Waals surface area contributed by atoms with Crippen molar-refractivity contribution < 1.29 is 13.9 Å². The van der Waals surface area contributed by atoms with Crippen LogP contribution in [-0.2, 0) is 0 Å². The van der Waals surface area contributed by atoms with Crippen molar-refractivity contribution in [2.24, 2.45) is 0 Å². The Balaban J connectivity index is 1.75. The van der Waals surface area contributed by atoms with Gasteiger partial charge < -0.3 is 14.1 Å². The van der Waals surface area contributed by atoms with Crippen molar-refractivity contribution in [3.63, 3.8) is 0 Å². The number of hydrogen-bond acceptors (Lipinski definition) is 3. The molecule has 0 fully saturated rings. The summed E-state index contributed by atoms with van der Waals surface area (Å²) < 4.78 is 11.0. The summed E-state index contributed by atoms with van der Waals surface area (Å²) >= 11 is 12.0. The van der Waals surface area contributed by atoms with E-state index in [1.807, 2.05) is 31.2 Å². The highest BCUT2D eigenvalue weighted by atomic mass is 35.5. The second-order valence-electron chi connectivity index (χ2n) is 5.69. The summed E-state index contributed by atoms with van der Waals surface area (Å²) in [5.41, 5.74) is 1.88. The van der Waals surface area contributed by atoms with Gasteiger partial charge in [0.1, 0.15) is 12.4 Å². The fourth-order valence-corrected chi connectivity index (χ4v) is 2.91. The van der Waals surface area contributed by atoms with Crippen molar-refractivity contribution in [2.75, 3.05) is 18.1 Å². The van der Waals surface area contributed by atoms with E-state index in [0.29, 0.717) is 22.3 Å². The summed E-state index contributed by atoms with van der Waals surface area (Å²) in [5.74, 6) is 0.560. The molecule has 0 atom stereocenters. The molecule has 3 rings (SSSR count). The van der Waals surface area contributed by atoms with Crippen LogP contribution in [0.3, 0.4) is 0 Å². The van der Waals surface area contributed by atoms with Crippen LogP contribution in [0.2, 0.25) is 10.0 Å². The van der Waals surface area contributed by atoms with Crippen LogP contribution in [0.5, 0.6) is 5.75 Å². The molecule has 2 aromatic carbocycles. The number of anilines is 1. The van der Waals surface area contributed by atoms with Gasteiger partial charge in [0.05, 0.1) is 17.8 Å². The molecule has 3 aromatic rings. The van der Waals surface area contributed by atoms with Crippen molar-refractivity contribution in [2.45, 2.75) is 6.92 Å². The Hall–Kier alpha value is -2.43. The number of nitrogens with zero attached hydrogens (tertiary/aromatic N) is 1. The van der Waals surface area contributed by atoms with Crippen LogP contribution >= 0.6 is 23.2 Å². The molecule has 0 saturated carbocycles. The van der Waals surface area contributed by atoms with Gasteiger partial charge in [-0.25, -0.2) is 0 Å². The molecule has 4 nitrogen and oxygen atoms in total. The summed E-state index contributed by atoms with van der Waals surface area (Å²) in [6.45, 7) is 2.59. The molecule has 134 valence electrons. The van der Waals surface area contributed by atoms with Gasteiger partial charge in [0.15, 0.2) is 5.76 Å². The number of rotatable bonds is 6. The maximum Gasteiger partial charge on any atom is 0.294 e. The Bertz CT molecular complexity index is 877. The Morgan fingerprint density at radius 2 is 1.88 bits per heavy atom. The zero-order chi connectivity index (χ0) is 18.5. The third kappa shape index (κ3) is 4.40. The highest BCUT2D eigenvalue weighted by Crippen LogP contribution is 2.27. The second kappa shape index (κ2) is 8.30. The summed E-state index contributed by atoms with van der Waals surface area (Å²) in [5, 5.41) is 0.966. The topological polar surface area (TPSA) is 42.7 Å². The van der Waals surface area contributed by atoms with Crippen LogP contribution in [0.4, 0.5) is 5.69 Å². The molecule has 0 spiro atoms. The lowest BCUT2D eigenvalue weighted by atomic mass is 10.2. The Kier molecular flexibility index (Phi) is 5.86. The summed E-state index contributed by atoms with van der Waals surface area (Å²) in [4.78, 5) is 14.4. The molecule has 1 aromatic heterocycles. The smallest absolute Gasteiger partial charge is 0.294 e. The van der Waals surface area contributed by atoms with Gasteiger partial charge in [-0.15, -0.1) is 0 Å². The van der Waals surface area contributed by atoms with Crippen LogP contribution in [-0.4, -0.2) is 19.1 Å². The molecule has 0 aliphatic heterocycles. The van der Waals surface area contributed by atoms with Gasteiger partial charge in [0, 0.05) is 10.7 Å². The summed E-state index contributed by atoms with van der Waals surface area (Å²) in [6.07, 6.45) is 1.48. The van der Waals surface area contributed by atoms with E-state index >= 15 is 0 Å². The summed E-state index contributed by atoms with van der Waals surface area (Å²) in [6, 6.07) is 16.0. The first-order valence-corrected chi connectivity index (χ1v) is 8.80. The molecule has 0 aliphatic rings. The second-order valence-corrected chi connectivity index (χ2v) is 6.54. The minimum atomic E-state index is -0.232. The van der Waals surface area contributed by atoms with E-state index in [4.69, 9.17) is 32.4 Å². The molecule has 1 amide bonds. The van der Waals surface area contributed by atoms with E-state index in [1.54, 1.807) is 35.2 Å². The predicted octanol–water partition coefficient (Wildman–Crippen LogP) is 5.62. The van der Waals surface area contributed by atoms with E-state index < -0.39 is 0 Å². The third-order valence-corrected chi connectivity index (χ3v) is 4.32. The molecular weight excluding hydrogens is 373 g/mol. The number of amides is 1. The fourth-order valence-electron chi connectivity index (χ4n) is 2.45. The maximum atomic E-state index is 12.8. The molecule has 0 N–H and O–H groups in total. The van der Waals surface area contributed by atoms with Gasteiger partial charge in [-0.1, -0.05) is 40.9 Å². The highest BCUT2D eigenvalue weighted by molar-refractivity contribution is 6.35. The zero-order valence-corrected chi connectivity index (χ0v) is 15.6. The first-order chi connectivity index (χ1) is 12.5. The van der Waals surface area contributed by atoms with Crippen LogP contribution < -0.4 is 9.64 Å². The molecule has 6 heteroatoms. The Morgan fingerprint density at radius 3 is 2.54 bits per heavy atom. The number of ether oxygens (including phenoxy) is 1. The molecule has 26 heavy (non-hydrogen) atoms. The maximum absolute atomic E-state index is 12.8. The lowest BCUT2D eigenvalue weighted by Crippen LogP contribution is -2.34. The summed E-state index contributed by atoms with van der Waals surface area (Å²) in [7, 11) is 0. The van der Waals surface area contributed by atoms with Gasteiger partial charge in [0.2, 0.25) is 0 Å². The molecule has 0 aliphatic carbocycles. The van der Waals surface area contributed by atoms with E-state index in [-0.39, 0.29) is 18.3 Å². The SMILES string of the molecule is Cc1ccc(N(CCOc2ccc(Cl)cc2Cl)C(=O)c2ccco2)cc1. The van der Waals surface area contributed by atoms with Crippen molar-refractivity contribution >= 4 is 34.8 Å². The fraction of sp³-hybridized carbons (Fsp3) is 0.150. The van der Waals surface area contributed by atoms with Gasteiger partial charge in [-0.3, -0.25) is 4.79 Å². The Labute approximate surface area is 161 Å². The van der Waals surface area contributed by atoms with Crippen molar-refractivity contribution in [1.29, 1.82) is 0 Å². The molecular formula is C20H17Cl2NO3. The number of aryl methyl sites for hydroxylation is 1. The number of furan rings is 1. The number of halogens is 2. The van der Waals surface area contributed by atoms with Crippen LogP contribution in [0.25, 0.3) is 0 Å². The quantitative estimate of drug-likeness (QED) is 0.549. The van der Waals surface area contributed by atoms with Crippen LogP contribution in [0, 0.1) is 6.92 Å². The molecule has 0 bridgehead atoms. The van der Waals surface area contributed by atoms with Gasteiger partial charge in [0.25, 0.3) is 5.91 Å². The number of hydrogen-bond donors (Lipinski definition) is 0. The zero-order valence-electron chi connectivity index (χ0n) is 14.1. The van der Waals surface area contributed by atoms with Gasteiger partial charge in [-0.05, 0) is 49.4 Å². The van der Waals surface area contributed by atoms with Crippen molar-refractivity contribution in [1.82, 2.24) is 0 Å². The largest absolute Gasteiger partial charge is 0.490 e. The average Bonchev–Trinajstić information content (AvgIpc) is 3.15. The van der Waals surface area contributed by atoms with E-state index in [1.165, 1.54) is 6.26 Å². The molecule has 1 heterocycles. The Morgan fingerprint density at radius 1 is 1.12 bits per heavy atom. The lowest BCUT2D eigenvalue weighted by molar-refractivity contribution is 0.0956. The normalized spacial score (nSPS) is 10.6. The number of carbonyl (C=O) groups is 1. The molecule has 0 radical (unpaired) electrons. The lowest BCUT2D eigenvalue weighted by Gasteiger charge is -2.22. The van der Waals surface area contributed by atoms with Gasteiger partial charge in [-0.2, -0.15) is 0 Å². The van der Waals surface area contributed by atoms with Crippen molar-refractivity contribution in [3.8, 4) is 5.75 Å². The number of benzene rings is 2. The minimum absolute atomic E-state index is 0.232. The van der Waals surface area contributed by atoms with Gasteiger partial charge >= 0.3 is 0 Å². The predicted molar refractivity (Wildman–Crippen MR) is 104 cm³/mol. The van der Waals surface area contributed by atoms with Crippen LogP contribution in [0.15, 0.2) is 65.3 Å². The molecule has 0 unspecified atom stereocenters. The first kappa shape index (κ1) is 18.4. The van der Waals surface area contributed by atoms with Crippen molar-refractivity contribution in [3.05, 3.63) is 82.2 Å². The van der Waals surface area contributed by atoms with E-state index in [0.717, 1.165) is 11.3 Å². The average molecular weight is 390 g/mol. The van der Waals surface area contributed by atoms with E-state index in [9.17, 15) is 4.79 Å². The molecule has 0 saturated heterocycles. The van der Waals surface area contributed by atoms with Crippen LogP contribution in [0.1, 0.15) is 16.1 Å².